The Hall–Kier alpha value is 5.40. The number of aliphatic carboxylic acids is 9. The van der Waals surface area contributed by atoms with Crippen LogP contribution >= 0.6 is 0 Å². The Kier molecular flexibility index (Phi) is 93.3. The molecule has 0 aromatic carbocycles. The number of hydrogen-bond donors (Lipinski definition) is 3. The topological polar surface area (TPSA) is 422 Å². The van der Waals surface area contributed by atoms with E-state index < -0.39 is 109 Å². The molecule has 0 rings (SSSR count). The largest absolute Gasteiger partial charge is 1.00 e. The molecular formula is C18H15ClNa10O21. The summed E-state index contributed by atoms with van der Waals surface area (Å²) in [5.41, 5.74) is -8.92. The standard InChI is InChI=1S/3C6H8O7.ClH.10Na/c3*7-3(8)1-6(13,5(11)12)2-4(9)10;;;;;;;;;;;/h3*13H,1-2H2,(H,7,8)(H,9,10)(H,11,12);1H;;;;;;;;;;/q;;;;10*+1/p-10. The van der Waals surface area contributed by atoms with Crippen molar-refractivity contribution in [3.8, 4) is 0 Å². The maximum Gasteiger partial charge on any atom is 1.00 e. The summed E-state index contributed by atoms with van der Waals surface area (Å²) in [7, 11) is 0. The van der Waals surface area contributed by atoms with E-state index >= 15 is 0 Å². The number of halogens is 1. The van der Waals surface area contributed by atoms with E-state index in [4.69, 9.17) is 15.3 Å². The zero-order valence-corrected chi connectivity index (χ0v) is 50.1. The molecule has 0 amide bonds. The molecule has 0 aromatic heterocycles. The third-order valence-corrected chi connectivity index (χ3v) is 3.76. The van der Waals surface area contributed by atoms with Gasteiger partial charge in [-0.15, -0.1) is 0 Å². The van der Waals surface area contributed by atoms with E-state index in [0.29, 0.717) is 0 Å². The molecule has 0 fully saturated rings. The van der Waals surface area contributed by atoms with Crippen molar-refractivity contribution in [3.63, 3.8) is 0 Å². The molecule has 0 aliphatic rings. The molecule has 32 heteroatoms. The van der Waals surface area contributed by atoms with Crippen molar-refractivity contribution in [1.29, 1.82) is 0 Å². The Morgan fingerprint density at radius 3 is 0.420 bits per heavy atom. The zero-order chi connectivity index (χ0) is 31.9. The second kappa shape index (κ2) is 48.8. The molecule has 0 heterocycles. The molecular weight excluding hydrogens is 818 g/mol. The molecule has 50 heavy (non-hydrogen) atoms. The molecule has 0 bridgehead atoms. The summed E-state index contributed by atoms with van der Waals surface area (Å²) in [5, 5.41) is 117. The fourth-order valence-corrected chi connectivity index (χ4v) is 2.05. The molecule has 0 aliphatic heterocycles. The first-order valence-electron chi connectivity index (χ1n) is 9.34. The van der Waals surface area contributed by atoms with Crippen LogP contribution in [0.5, 0.6) is 0 Å². The summed E-state index contributed by atoms with van der Waals surface area (Å²) in [6.07, 6.45) is -8.15. The van der Waals surface area contributed by atoms with Crippen LogP contribution < -0.4 is 354 Å². The summed E-state index contributed by atoms with van der Waals surface area (Å²) in [6.45, 7) is 0. The molecule has 0 saturated carbocycles. The van der Waals surface area contributed by atoms with E-state index in [1.807, 2.05) is 0 Å². The van der Waals surface area contributed by atoms with Crippen LogP contribution in [-0.2, 0) is 43.2 Å². The van der Waals surface area contributed by atoms with Crippen molar-refractivity contribution in [2.45, 2.75) is 55.3 Å². The van der Waals surface area contributed by atoms with Crippen LogP contribution in [0.25, 0.3) is 0 Å². The predicted octanol–water partition coefficient (Wildman–Crippen LogP) is -48.7. The maximum absolute atomic E-state index is 10.1. The van der Waals surface area contributed by atoms with Gasteiger partial charge in [0.05, 0.1) is 17.9 Å². The van der Waals surface area contributed by atoms with E-state index in [2.05, 4.69) is 0 Å². The first-order valence-corrected chi connectivity index (χ1v) is 9.34. The second-order valence-corrected chi connectivity index (χ2v) is 7.25. The van der Waals surface area contributed by atoms with Gasteiger partial charge in [0.25, 0.3) is 0 Å². The van der Waals surface area contributed by atoms with Crippen molar-refractivity contribution in [2.75, 3.05) is 0 Å². The molecule has 0 unspecified atom stereocenters. The number of rotatable bonds is 15. The Morgan fingerprint density at radius 2 is 0.380 bits per heavy atom. The zero-order valence-electron chi connectivity index (χ0n) is 29.3. The van der Waals surface area contributed by atoms with Gasteiger partial charge >= 0.3 is 296 Å². The van der Waals surface area contributed by atoms with Crippen LogP contribution in [0.2, 0.25) is 0 Å². The van der Waals surface area contributed by atoms with Crippen LogP contribution in [0.15, 0.2) is 0 Å². The van der Waals surface area contributed by atoms with Crippen molar-refractivity contribution < 1.29 is 412 Å². The van der Waals surface area contributed by atoms with Crippen molar-refractivity contribution in [3.05, 3.63) is 0 Å². The second-order valence-electron chi connectivity index (χ2n) is 7.25. The minimum Gasteiger partial charge on any atom is -1.00 e. The Labute approximate surface area is 510 Å². The summed E-state index contributed by atoms with van der Waals surface area (Å²) < 4.78 is 0. The van der Waals surface area contributed by atoms with Gasteiger partial charge in [-0.2, -0.15) is 0 Å². The van der Waals surface area contributed by atoms with Crippen molar-refractivity contribution in [2.24, 2.45) is 0 Å². The van der Waals surface area contributed by atoms with E-state index in [0.717, 1.165) is 0 Å². The Morgan fingerprint density at radius 1 is 0.300 bits per heavy atom. The summed E-state index contributed by atoms with van der Waals surface area (Å²) in [5.74, 6) is -18.0. The third kappa shape index (κ3) is 51.4. The van der Waals surface area contributed by atoms with Gasteiger partial charge in [0.2, 0.25) is 0 Å². The number of aliphatic hydroxyl groups is 3. The number of carbonyl (C=O) groups is 9. The minimum atomic E-state index is -2.97. The monoisotopic (exact) mass is 832 g/mol. The van der Waals surface area contributed by atoms with Crippen LogP contribution in [0.3, 0.4) is 0 Å². The van der Waals surface area contributed by atoms with Crippen LogP contribution in [0.4, 0.5) is 0 Å². The van der Waals surface area contributed by atoms with E-state index in [1.54, 1.807) is 0 Å². The minimum absolute atomic E-state index is 0. The van der Waals surface area contributed by atoms with Gasteiger partial charge in [-0.05, 0) is 0 Å². The number of carbonyl (C=O) groups excluding carboxylic acids is 9. The average Bonchev–Trinajstić information content (AvgIpc) is 2.64. The first kappa shape index (κ1) is 95.7. The molecule has 0 aliphatic carbocycles. The van der Waals surface area contributed by atoms with Gasteiger partial charge in [0.1, 0.15) is 16.8 Å². The van der Waals surface area contributed by atoms with Gasteiger partial charge < -0.3 is 117 Å². The van der Waals surface area contributed by atoms with Gasteiger partial charge in [0.15, 0.2) is 0 Å². The summed E-state index contributed by atoms with van der Waals surface area (Å²) in [4.78, 5) is 90.0. The van der Waals surface area contributed by atoms with Gasteiger partial charge in [-0.1, -0.05) is 0 Å². The molecule has 0 spiro atoms. The first-order chi connectivity index (χ1) is 17.3. The number of carboxylic acid groups (broad SMARTS) is 9. The molecule has 0 aromatic rings. The van der Waals surface area contributed by atoms with E-state index in [1.165, 1.54) is 0 Å². The van der Waals surface area contributed by atoms with Crippen molar-refractivity contribution >= 4 is 53.7 Å². The maximum atomic E-state index is 10.1. The van der Waals surface area contributed by atoms with Gasteiger partial charge in [0, 0.05) is 74.3 Å². The van der Waals surface area contributed by atoms with Crippen molar-refractivity contribution in [1.82, 2.24) is 0 Å². The summed E-state index contributed by atoms with van der Waals surface area (Å²) in [6, 6.07) is 0. The third-order valence-electron chi connectivity index (χ3n) is 3.76. The van der Waals surface area contributed by atoms with E-state index in [-0.39, 0.29) is 308 Å². The molecule has 0 radical (unpaired) electrons. The SMILES string of the molecule is O=C([O-])CC(O)(CC(=O)[O-])C(=O)[O-].O=C([O-])CC(O)(CC(=O)[O-])C(=O)[O-].O=C([O-])CC(O)(CC(=O)[O-])C(=O)[O-].[Cl-].[Na+].[Na+].[Na+].[Na+].[Na+].[Na+].[Na+].[Na+].[Na+].[Na+]. The smallest absolute Gasteiger partial charge is 1.00 e. The van der Waals surface area contributed by atoms with Crippen LogP contribution in [0, 0.1) is 0 Å². The fraction of sp³-hybridized carbons (Fsp3) is 0.500. The quantitative estimate of drug-likeness (QED) is 0.129. The summed E-state index contributed by atoms with van der Waals surface area (Å²) >= 11 is 0. The average molecular weight is 833 g/mol. The number of hydrogen-bond acceptors (Lipinski definition) is 21. The van der Waals surface area contributed by atoms with E-state index in [9.17, 15) is 89.1 Å². The fourth-order valence-electron chi connectivity index (χ4n) is 2.05. The van der Waals surface area contributed by atoms with Gasteiger partial charge in [-0.3, -0.25) is 0 Å². The molecule has 230 valence electrons. The molecule has 3 N–H and O–H groups in total. The Balaban J connectivity index is -0.0000000292. The van der Waals surface area contributed by atoms with Crippen LogP contribution in [0.1, 0.15) is 38.5 Å². The molecule has 21 nitrogen and oxygen atoms in total. The predicted molar refractivity (Wildman–Crippen MR) is 87.6 cm³/mol. The van der Waals surface area contributed by atoms with Crippen LogP contribution in [-0.4, -0.2) is 85.8 Å². The van der Waals surface area contributed by atoms with Gasteiger partial charge in [-0.25, -0.2) is 0 Å². The molecule has 0 saturated heterocycles. The number of carboxylic acids is 9. The molecule has 0 atom stereocenters. The Bertz CT molecular complexity index is 849. The normalized spacial score (nSPS) is 8.46.